The summed E-state index contributed by atoms with van der Waals surface area (Å²) >= 11 is 0. The van der Waals surface area contributed by atoms with E-state index in [1.165, 1.54) is 0 Å². The predicted molar refractivity (Wildman–Crippen MR) is 102 cm³/mol. The van der Waals surface area contributed by atoms with Crippen molar-refractivity contribution in [3.63, 3.8) is 0 Å². The second-order valence-corrected chi connectivity index (χ2v) is 14.0. The summed E-state index contributed by atoms with van der Waals surface area (Å²) < 4.78 is 18.5. The van der Waals surface area contributed by atoms with Crippen LogP contribution in [0.4, 0.5) is 0 Å². The van der Waals surface area contributed by atoms with Gasteiger partial charge in [0.05, 0.1) is 23.5 Å². The van der Waals surface area contributed by atoms with E-state index in [2.05, 4.69) is 66.5 Å². The second kappa shape index (κ2) is 6.24. The van der Waals surface area contributed by atoms with Gasteiger partial charge in [0, 0.05) is 6.20 Å². The number of rotatable bonds is 4. The van der Waals surface area contributed by atoms with Crippen LogP contribution in [0.5, 0.6) is 0 Å². The molecule has 1 aromatic heterocycles. The van der Waals surface area contributed by atoms with Crippen molar-refractivity contribution in [3.05, 3.63) is 24.0 Å². The van der Waals surface area contributed by atoms with Crippen LogP contribution in [0.2, 0.25) is 18.1 Å². The van der Waals surface area contributed by atoms with Crippen LogP contribution in [-0.2, 0) is 20.3 Å². The molecule has 0 N–H and O–H groups in total. The fourth-order valence-electron chi connectivity index (χ4n) is 2.17. The minimum Gasteiger partial charge on any atom is -0.411 e. The third-order valence-corrected chi connectivity index (χ3v) is 10.2. The Morgan fingerprint density at radius 3 is 2.17 bits per heavy atom. The van der Waals surface area contributed by atoms with Crippen LogP contribution in [0.25, 0.3) is 0 Å². The molecule has 0 unspecified atom stereocenters. The van der Waals surface area contributed by atoms with Crippen LogP contribution in [0, 0.1) is 0 Å². The summed E-state index contributed by atoms with van der Waals surface area (Å²) in [5.41, 5.74) is 1.25. The first kappa shape index (κ1) is 19.6. The smallest absolute Gasteiger partial charge is 0.411 e. The average Bonchev–Trinajstić information content (AvgIpc) is 2.64. The lowest BCUT2D eigenvalue weighted by Crippen LogP contribution is -2.41. The molecule has 0 spiro atoms. The van der Waals surface area contributed by atoms with Crippen LogP contribution in [0.3, 0.4) is 0 Å². The zero-order chi connectivity index (χ0) is 18.4. The Morgan fingerprint density at radius 2 is 1.67 bits per heavy atom. The van der Waals surface area contributed by atoms with Gasteiger partial charge in [-0.3, -0.25) is 4.98 Å². The molecule has 0 atom stereocenters. The molecule has 4 nitrogen and oxygen atoms in total. The number of pyridine rings is 1. The Kier molecular flexibility index (Phi) is 5.10. The van der Waals surface area contributed by atoms with Crippen LogP contribution in [-0.4, -0.2) is 31.6 Å². The lowest BCUT2D eigenvalue weighted by molar-refractivity contribution is 0.00578. The van der Waals surface area contributed by atoms with Gasteiger partial charge in [0.15, 0.2) is 8.32 Å². The highest BCUT2D eigenvalue weighted by atomic mass is 28.4. The third-order valence-electron chi connectivity index (χ3n) is 5.75. The first-order chi connectivity index (χ1) is 10.8. The Balaban J connectivity index is 2.11. The van der Waals surface area contributed by atoms with Crippen molar-refractivity contribution in [2.75, 3.05) is 0 Å². The Morgan fingerprint density at radius 1 is 1.12 bits per heavy atom. The van der Waals surface area contributed by atoms with Crippen molar-refractivity contribution in [1.29, 1.82) is 0 Å². The van der Waals surface area contributed by atoms with Crippen LogP contribution < -0.4 is 5.46 Å². The van der Waals surface area contributed by atoms with Gasteiger partial charge in [-0.1, -0.05) is 20.8 Å². The maximum atomic E-state index is 6.27. The molecule has 2 heterocycles. The Bertz CT molecular complexity index is 580. The van der Waals surface area contributed by atoms with Gasteiger partial charge in [-0.05, 0) is 63.4 Å². The second-order valence-electron chi connectivity index (χ2n) is 9.22. The summed E-state index contributed by atoms with van der Waals surface area (Å²) in [6, 6.07) is 3.99. The maximum Gasteiger partial charge on any atom is 0.494 e. The molecule has 24 heavy (non-hydrogen) atoms. The summed E-state index contributed by atoms with van der Waals surface area (Å²) in [5, 5.41) is 0.191. The van der Waals surface area contributed by atoms with Gasteiger partial charge >= 0.3 is 7.12 Å². The van der Waals surface area contributed by atoms with Gasteiger partial charge in [-0.2, -0.15) is 0 Å². The van der Waals surface area contributed by atoms with Gasteiger partial charge in [0.25, 0.3) is 0 Å². The van der Waals surface area contributed by atoms with E-state index >= 15 is 0 Å². The molecular formula is C18H32BNO3Si. The SMILES string of the molecule is CC1(C)OB(c2ccnc(CO[Si](C)(C)C(C)(C)C)c2)OC1(C)C. The van der Waals surface area contributed by atoms with Crippen LogP contribution in [0.15, 0.2) is 18.3 Å². The summed E-state index contributed by atoms with van der Waals surface area (Å²) in [4.78, 5) is 4.45. The minimum atomic E-state index is -1.79. The molecule has 0 radical (unpaired) electrons. The van der Waals surface area contributed by atoms with E-state index in [1.807, 2.05) is 18.3 Å². The molecule has 6 heteroatoms. The number of hydrogen-bond acceptors (Lipinski definition) is 4. The molecule has 1 aromatic rings. The molecule has 2 rings (SSSR count). The third kappa shape index (κ3) is 3.93. The van der Waals surface area contributed by atoms with Crippen molar-refractivity contribution >= 4 is 20.9 Å². The van der Waals surface area contributed by atoms with E-state index in [0.29, 0.717) is 6.61 Å². The zero-order valence-corrected chi connectivity index (χ0v) is 17.7. The molecule has 0 saturated carbocycles. The molecule has 0 bridgehead atoms. The highest BCUT2D eigenvalue weighted by Crippen LogP contribution is 2.37. The molecule has 1 saturated heterocycles. The molecule has 0 aliphatic carbocycles. The van der Waals surface area contributed by atoms with E-state index in [-0.39, 0.29) is 23.4 Å². The monoisotopic (exact) mass is 349 g/mol. The molecule has 0 aromatic carbocycles. The average molecular weight is 349 g/mol. The van der Waals surface area contributed by atoms with Crippen molar-refractivity contribution in [3.8, 4) is 0 Å². The first-order valence-electron chi connectivity index (χ1n) is 8.70. The summed E-state index contributed by atoms with van der Waals surface area (Å²) in [6.45, 7) is 20.0. The maximum absolute atomic E-state index is 6.27. The van der Waals surface area contributed by atoms with Crippen LogP contribution in [0.1, 0.15) is 54.2 Å². The first-order valence-corrected chi connectivity index (χ1v) is 11.6. The van der Waals surface area contributed by atoms with Crippen molar-refractivity contribution in [2.45, 2.75) is 84.4 Å². The quantitative estimate of drug-likeness (QED) is 0.773. The van der Waals surface area contributed by atoms with E-state index in [0.717, 1.165) is 11.2 Å². The van der Waals surface area contributed by atoms with Gasteiger partial charge in [0.1, 0.15) is 0 Å². The summed E-state index contributed by atoms with van der Waals surface area (Å²) in [6.07, 6.45) is 1.81. The van der Waals surface area contributed by atoms with Gasteiger partial charge in [0.2, 0.25) is 0 Å². The van der Waals surface area contributed by atoms with E-state index < -0.39 is 8.32 Å². The fourth-order valence-corrected chi connectivity index (χ4v) is 3.11. The molecular weight excluding hydrogens is 317 g/mol. The summed E-state index contributed by atoms with van der Waals surface area (Å²) in [7, 11) is -2.14. The van der Waals surface area contributed by atoms with E-state index in [1.54, 1.807) is 0 Å². The number of aromatic nitrogens is 1. The fraction of sp³-hybridized carbons (Fsp3) is 0.722. The standard InChI is InChI=1S/C18H32BNO3Si/c1-16(2,3)24(8,9)21-13-15-12-14(10-11-20-15)19-22-17(4,5)18(6,7)23-19/h10-12H,13H2,1-9H3. The lowest BCUT2D eigenvalue weighted by atomic mass is 9.79. The van der Waals surface area contributed by atoms with Gasteiger partial charge in [-0.15, -0.1) is 0 Å². The normalized spacial score (nSPS) is 20.5. The Hall–Kier alpha value is -0.688. The molecule has 134 valence electrons. The largest absolute Gasteiger partial charge is 0.494 e. The summed E-state index contributed by atoms with van der Waals surface area (Å²) in [5.74, 6) is 0. The van der Waals surface area contributed by atoms with E-state index in [9.17, 15) is 0 Å². The molecule has 0 amide bonds. The molecule has 1 aliphatic heterocycles. The highest BCUT2D eigenvalue weighted by molar-refractivity contribution is 6.74. The van der Waals surface area contributed by atoms with Gasteiger partial charge in [-0.25, -0.2) is 0 Å². The molecule has 1 aliphatic rings. The van der Waals surface area contributed by atoms with Crippen LogP contribution >= 0.6 is 0 Å². The van der Waals surface area contributed by atoms with Gasteiger partial charge < -0.3 is 13.7 Å². The zero-order valence-electron chi connectivity index (χ0n) is 16.7. The van der Waals surface area contributed by atoms with E-state index in [4.69, 9.17) is 13.7 Å². The topological polar surface area (TPSA) is 40.6 Å². The van der Waals surface area contributed by atoms with Crippen molar-refractivity contribution in [1.82, 2.24) is 4.98 Å². The minimum absolute atomic E-state index is 0.191. The highest BCUT2D eigenvalue weighted by Gasteiger charge is 2.51. The van der Waals surface area contributed by atoms with Crippen molar-refractivity contribution < 1.29 is 13.7 Å². The van der Waals surface area contributed by atoms with Crippen molar-refractivity contribution in [2.24, 2.45) is 0 Å². The Labute approximate surface area is 148 Å². The predicted octanol–water partition coefficient (Wildman–Crippen LogP) is 3.90. The molecule has 1 fully saturated rings. The number of hydrogen-bond donors (Lipinski definition) is 0. The lowest BCUT2D eigenvalue weighted by Gasteiger charge is -2.36. The number of nitrogens with zero attached hydrogens (tertiary/aromatic N) is 1.